The first-order valence-electron chi connectivity index (χ1n) is 7.82. The molecule has 0 aliphatic heterocycles. The van der Waals surface area contributed by atoms with Crippen LogP contribution < -0.4 is 11.1 Å². The molecule has 3 atom stereocenters. The summed E-state index contributed by atoms with van der Waals surface area (Å²) in [5.41, 5.74) is 7.20. The molecule has 1 fully saturated rings. The Morgan fingerprint density at radius 1 is 1.33 bits per heavy atom. The van der Waals surface area contributed by atoms with Crippen molar-refractivity contribution in [2.24, 2.45) is 11.7 Å². The minimum Gasteiger partial charge on any atom is -0.354 e. The highest BCUT2D eigenvalue weighted by molar-refractivity contribution is 5.78. The second kappa shape index (κ2) is 7.57. The molecule has 2 rings (SSSR count). The van der Waals surface area contributed by atoms with Crippen molar-refractivity contribution in [2.45, 2.75) is 37.8 Å². The van der Waals surface area contributed by atoms with E-state index in [0.717, 1.165) is 25.7 Å². The van der Waals surface area contributed by atoms with Crippen LogP contribution in [0, 0.1) is 5.92 Å². The lowest BCUT2D eigenvalue weighted by Gasteiger charge is -2.28. The molecule has 0 aromatic heterocycles. The summed E-state index contributed by atoms with van der Waals surface area (Å²) in [7, 11) is 4.08. The number of hydrogen-bond donors (Lipinski definition) is 2. The Hall–Kier alpha value is -1.39. The molecular weight excluding hydrogens is 262 g/mol. The average molecular weight is 289 g/mol. The van der Waals surface area contributed by atoms with Crippen LogP contribution in [0.5, 0.6) is 0 Å². The maximum atomic E-state index is 12.3. The number of nitrogens with one attached hydrogen (secondary N) is 1. The molecule has 1 amide bonds. The maximum absolute atomic E-state index is 12.3. The van der Waals surface area contributed by atoms with Crippen molar-refractivity contribution >= 4 is 5.91 Å². The van der Waals surface area contributed by atoms with E-state index in [0.29, 0.717) is 6.54 Å². The molecular formula is C17H27N3O. The molecule has 0 heterocycles. The zero-order chi connectivity index (χ0) is 15.2. The van der Waals surface area contributed by atoms with Crippen molar-refractivity contribution in [3.05, 3.63) is 35.9 Å². The Balaban J connectivity index is 1.91. The molecule has 1 aromatic carbocycles. The minimum absolute atomic E-state index is 0.0901. The second-order valence-electron chi connectivity index (χ2n) is 6.26. The van der Waals surface area contributed by atoms with Crippen LogP contribution >= 0.6 is 0 Å². The Labute approximate surface area is 127 Å². The van der Waals surface area contributed by atoms with E-state index < -0.39 is 0 Å². The van der Waals surface area contributed by atoms with Gasteiger partial charge in [0.25, 0.3) is 0 Å². The van der Waals surface area contributed by atoms with Crippen LogP contribution in [0.25, 0.3) is 0 Å². The largest absolute Gasteiger partial charge is 0.354 e. The fourth-order valence-electron chi connectivity index (χ4n) is 3.08. The van der Waals surface area contributed by atoms with E-state index in [1.54, 1.807) is 0 Å². The number of rotatable bonds is 5. The predicted molar refractivity (Wildman–Crippen MR) is 85.8 cm³/mol. The fourth-order valence-corrected chi connectivity index (χ4v) is 3.08. The topological polar surface area (TPSA) is 58.4 Å². The van der Waals surface area contributed by atoms with E-state index in [2.05, 4.69) is 22.3 Å². The van der Waals surface area contributed by atoms with Gasteiger partial charge in [0.1, 0.15) is 0 Å². The van der Waals surface area contributed by atoms with Crippen molar-refractivity contribution in [2.75, 3.05) is 20.6 Å². The first-order chi connectivity index (χ1) is 10.1. The Kier molecular flexibility index (Phi) is 5.76. The van der Waals surface area contributed by atoms with Gasteiger partial charge in [-0.1, -0.05) is 36.8 Å². The van der Waals surface area contributed by atoms with Gasteiger partial charge in [-0.15, -0.1) is 0 Å². The summed E-state index contributed by atoms with van der Waals surface area (Å²) in [6.45, 7) is 0.640. The third-order valence-corrected chi connectivity index (χ3v) is 4.36. The lowest BCUT2D eigenvalue weighted by molar-refractivity contribution is -0.126. The number of benzene rings is 1. The summed E-state index contributed by atoms with van der Waals surface area (Å²) in [5, 5.41) is 3.12. The summed E-state index contributed by atoms with van der Waals surface area (Å²) >= 11 is 0. The van der Waals surface area contributed by atoms with Gasteiger partial charge >= 0.3 is 0 Å². The molecule has 21 heavy (non-hydrogen) atoms. The molecule has 4 nitrogen and oxygen atoms in total. The van der Waals surface area contributed by atoms with Crippen LogP contribution in [0.15, 0.2) is 30.3 Å². The van der Waals surface area contributed by atoms with Crippen LogP contribution in [-0.2, 0) is 4.79 Å². The highest BCUT2D eigenvalue weighted by Crippen LogP contribution is 2.23. The van der Waals surface area contributed by atoms with Crippen molar-refractivity contribution in [1.29, 1.82) is 0 Å². The Morgan fingerprint density at radius 3 is 2.67 bits per heavy atom. The van der Waals surface area contributed by atoms with Crippen molar-refractivity contribution in [3.63, 3.8) is 0 Å². The zero-order valence-corrected chi connectivity index (χ0v) is 13.1. The van der Waals surface area contributed by atoms with Gasteiger partial charge < -0.3 is 16.0 Å². The SMILES string of the molecule is CN(C)C(CNC(=O)C1CCCC(N)C1)c1ccccc1. The summed E-state index contributed by atoms with van der Waals surface area (Å²) < 4.78 is 0. The van der Waals surface area contributed by atoms with E-state index in [-0.39, 0.29) is 23.9 Å². The van der Waals surface area contributed by atoms with Gasteiger partial charge in [0.15, 0.2) is 0 Å². The third-order valence-electron chi connectivity index (χ3n) is 4.36. The van der Waals surface area contributed by atoms with Crippen LogP contribution in [0.3, 0.4) is 0 Å². The van der Waals surface area contributed by atoms with Crippen LogP contribution in [0.2, 0.25) is 0 Å². The number of nitrogens with two attached hydrogens (primary N) is 1. The van der Waals surface area contributed by atoms with Gasteiger partial charge in [-0.2, -0.15) is 0 Å². The van der Waals surface area contributed by atoms with Gasteiger partial charge in [0, 0.05) is 18.5 Å². The number of carbonyl (C=O) groups excluding carboxylic acids is 1. The molecule has 3 N–H and O–H groups in total. The van der Waals surface area contributed by atoms with E-state index in [1.807, 2.05) is 32.3 Å². The molecule has 4 heteroatoms. The van der Waals surface area contributed by atoms with Crippen LogP contribution in [0.4, 0.5) is 0 Å². The minimum atomic E-state index is 0.0901. The maximum Gasteiger partial charge on any atom is 0.223 e. The number of nitrogens with zero attached hydrogens (tertiary/aromatic N) is 1. The third kappa shape index (κ3) is 4.55. The van der Waals surface area contributed by atoms with E-state index in [9.17, 15) is 4.79 Å². The lowest BCUT2D eigenvalue weighted by Crippen LogP contribution is -2.41. The van der Waals surface area contributed by atoms with Gasteiger partial charge in [-0.3, -0.25) is 4.79 Å². The van der Waals surface area contributed by atoms with Crippen molar-refractivity contribution in [3.8, 4) is 0 Å². The first-order valence-corrected chi connectivity index (χ1v) is 7.82. The molecule has 0 saturated heterocycles. The highest BCUT2D eigenvalue weighted by Gasteiger charge is 2.26. The van der Waals surface area contributed by atoms with E-state index in [4.69, 9.17) is 5.73 Å². The molecule has 1 aliphatic rings. The summed E-state index contributed by atoms with van der Waals surface area (Å²) in [6, 6.07) is 10.7. The molecule has 1 aromatic rings. The second-order valence-corrected chi connectivity index (χ2v) is 6.26. The number of carbonyl (C=O) groups is 1. The number of hydrogen-bond acceptors (Lipinski definition) is 3. The summed E-state index contributed by atoms with van der Waals surface area (Å²) in [5.74, 6) is 0.250. The zero-order valence-electron chi connectivity index (χ0n) is 13.1. The molecule has 0 spiro atoms. The van der Waals surface area contributed by atoms with Gasteiger partial charge in [-0.05, 0) is 38.9 Å². The summed E-state index contributed by atoms with van der Waals surface area (Å²) in [6.07, 6.45) is 3.91. The molecule has 3 unspecified atom stereocenters. The Bertz CT molecular complexity index is 447. The summed E-state index contributed by atoms with van der Waals surface area (Å²) in [4.78, 5) is 14.5. The van der Waals surface area contributed by atoms with Crippen LogP contribution in [0.1, 0.15) is 37.3 Å². The molecule has 1 saturated carbocycles. The monoisotopic (exact) mass is 289 g/mol. The molecule has 0 bridgehead atoms. The standard InChI is InChI=1S/C17H27N3O/c1-20(2)16(13-7-4-3-5-8-13)12-19-17(21)14-9-6-10-15(18)11-14/h3-5,7-8,14-16H,6,9-12,18H2,1-2H3,(H,19,21). The predicted octanol–water partition coefficient (Wildman–Crippen LogP) is 1.92. The normalized spacial score (nSPS) is 23.8. The van der Waals surface area contributed by atoms with E-state index >= 15 is 0 Å². The Morgan fingerprint density at radius 2 is 2.05 bits per heavy atom. The van der Waals surface area contributed by atoms with Crippen LogP contribution in [-0.4, -0.2) is 37.5 Å². The average Bonchev–Trinajstić information content (AvgIpc) is 2.48. The number of likely N-dealkylation sites (N-methyl/N-ethyl adjacent to an activating group) is 1. The molecule has 116 valence electrons. The van der Waals surface area contributed by atoms with Gasteiger partial charge in [0.05, 0.1) is 6.04 Å². The first kappa shape index (κ1) is 16.0. The van der Waals surface area contributed by atoms with Crippen molar-refractivity contribution < 1.29 is 4.79 Å². The van der Waals surface area contributed by atoms with E-state index in [1.165, 1.54) is 5.56 Å². The molecule has 0 radical (unpaired) electrons. The fraction of sp³-hybridized carbons (Fsp3) is 0.588. The smallest absolute Gasteiger partial charge is 0.223 e. The van der Waals surface area contributed by atoms with Gasteiger partial charge in [0.2, 0.25) is 5.91 Å². The molecule has 1 aliphatic carbocycles. The highest BCUT2D eigenvalue weighted by atomic mass is 16.1. The lowest BCUT2D eigenvalue weighted by atomic mass is 9.85. The quantitative estimate of drug-likeness (QED) is 0.870. The van der Waals surface area contributed by atoms with Gasteiger partial charge in [-0.25, -0.2) is 0 Å². The van der Waals surface area contributed by atoms with Crippen molar-refractivity contribution in [1.82, 2.24) is 10.2 Å². The number of amides is 1.